The zero-order valence-corrected chi connectivity index (χ0v) is 9.11. The van der Waals surface area contributed by atoms with Crippen LogP contribution < -0.4 is 10.2 Å². The highest BCUT2D eigenvalue weighted by molar-refractivity contribution is 6.59. The van der Waals surface area contributed by atoms with Crippen molar-refractivity contribution in [1.29, 1.82) is 0 Å². The van der Waals surface area contributed by atoms with Crippen LogP contribution in [0.15, 0.2) is 35.4 Å². The fraction of sp³-hybridized carbons (Fsp3) is 0.200. The molecule has 0 spiro atoms. The van der Waals surface area contributed by atoms with Crippen LogP contribution in [0.5, 0.6) is 5.75 Å². The minimum atomic E-state index is -1.53. The Hall–Kier alpha value is -0.965. The molecule has 5 heteroatoms. The van der Waals surface area contributed by atoms with Gasteiger partial charge in [0, 0.05) is 11.0 Å². The van der Waals surface area contributed by atoms with Gasteiger partial charge in [0.25, 0.3) is 0 Å². The van der Waals surface area contributed by atoms with Gasteiger partial charge in [0.1, 0.15) is 12.4 Å². The lowest BCUT2D eigenvalue weighted by Crippen LogP contribution is -2.31. The Kier molecular flexibility index (Phi) is 4.68. The molecular formula is C10H12BClO3. The Balaban J connectivity index is 2.76. The summed E-state index contributed by atoms with van der Waals surface area (Å²) in [5, 5.41) is 18.1. The van der Waals surface area contributed by atoms with E-state index in [4.69, 9.17) is 26.4 Å². The zero-order valence-electron chi connectivity index (χ0n) is 8.35. The molecule has 0 heterocycles. The molecule has 0 bridgehead atoms. The van der Waals surface area contributed by atoms with Crippen molar-refractivity contribution in [2.75, 3.05) is 6.61 Å². The molecule has 1 aromatic rings. The van der Waals surface area contributed by atoms with Gasteiger partial charge in [-0.3, -0.25) is 0 Å². The molecule has 0 amide bonds. The number of rotatable bonds is 4. The van der Waals surface area contributed by atoms with Gasteiger partial charge in [-0.05, 0) is 18.6 Å². The topological polar surface area (TPSA) is 49.7 Å². The van der Waals surface area contributed by atoms with Crippen molar-refractivity contribution < 1.29 is 14.8 Å². The number of ether oxygens (including phenoxy) is 1. The average molecular weight is 226 g/mol. The first-order valence-electron chi connectivity index (χ1n) is 4.49. The van der Waals surface area contributed by atoms with Crippen molar-refractivity contribution in [3.63, 3.8) is 0 Å². The molecular weight excluding hydrogens is 214 g/mol. The molecule has 0 atom stereocenters. The molecule has 15 heavy (non-hydrogen) atoms. The molecule has 1 aromatic carbocycles. The molecule has 0 aliphatic heterocycles. The summed E-state index contributed by atoms with van der Waals surface area (Å²) in [5.41, 5.74) is 2.64. The molecule has 0 aliphatic carbocycles. The smallest absolute Gasteiger partial charge is 0.490 e. The van der Waals surface area contributed by atoms with Gasteiger partial charge < -0.3 is 14.8 Å². The minimum absolute atomic E-state index is 0.327. The van der Waals surface area contributed by atoms with E-state index in [1.807, 2.05) is 6.92 Å². The SMILES string of the molecule is C/C(=C/Cl)COc1ccccc1B(O)O. The van der Waals surface area contributed by atoms with E-state index in [0.29, 0.717) is 17.8 Å². The summed E-state index contributed by atoms with van der Waals surface area (Å²) in [6.07, 6.45) is 0. The summed E-state index contributed by atoms with van der Waals surface area (Å²) < 4.78 is 5.38. The van der Waals surface area contributed by atoms with Crippen molar-refractivity contribution in [1.82, 2.24) is 0 Å². The number of halogens is 1. The second-order valence-corrected chi connectivity index (χ2v) is 3.37. The average Bonchev–Trinajstić information content (AvgIpc) is 2.26. The van der Waals surface area contributed by atoms with E-state index in [1.54, 1.807) is 24.3 Å². The van der Waals surface area contributed by atoms with Gasteiger partial charge in [-0.2, -0.15) is 0 Å². The van der Waals surface area contributed by atoms with Crippen molar-refractivity contribution >= 4 is 24.2 Å². The lowest BCUT2D eigenvalue weighted by molar-refractivity contribution is 0.351. The first-order chi connectivity index (χ1) is 7.15. The molecule has 0 aliphatic rings. The number of para-hydroxylation sites is 1. The van der Waals surface area contributed by atoms with Gasteiger partial charge in [-0.25, -0.2) is 0 Å². The van der Waals surface area contributed by atoms with Crippen LogP contribution >= 0.6 is 11.6 Å². The van der Waals surface area contributed by atoms with Crippen LogP contribution in [0.25, 0.3) is 0 Å². The Morgan fingerprint density at radius 1 is 1.47 bits per heavy atom. The molecule has 3 nitrogen and oxygen atoms in total. The Bertz CT molecular complexity index is 352. The van der Waals surface area contributed by atoms with Crippen LogP contribution in [-0.2, 0) is 0 Å². The Morgan fingerprint density at radius 3 is 2.73 bits per heavy atom. The van der Waals surface area contributed by atoms with Crippen molar-refractivity contribution in [3.8, 4) is 5.75 Å². The highest BCUT2D eigenvalue weighted by Crippen LogP contribution is 2.08. The normalized spacial score (nSPS) is 11.3. The molecule has 0 fully saturated rings. The number of benzene rings is 1. The minimum Gasteiger partial charge on any atom is -0.490 e. The van der Waals surface area contributed by atoms with Gasteiger partial charge in [0.2, 0.25) is 0 Å². The third-order valence-electron chi connectivity index (χ3n) is 1.84. The summed E-state index contributed by atoms with van der Waals surface area (Å²) in [5.74, 6) is 0.449. The Morgan fingerprint density at radius 2 is 2.13 bits per heavy atom. The maximum atomic E-state index is 9.06. The predicted octanol–water partition coefficient (Wildman–Crippen LogP) is 0.888. The third-order valence-corrected chi connectivity index (χ3v) is 2.21. The molecule has 0 saturated heterocycles. The number of hydrogen-bond acceptors (Lipinski definition) is 3. The third kappa shape index (κ3) is 3.59. The highest BCUT2D eigenvalue weighted by Gasteiger charge is 2.16. The quantitative estimate of drug-likeness (QED) is 0.750. The molecule has 2 N–H and O–H groups in total. The van der Waals surface area contributed by atoms with E-state index in [2.05, 4.69) is 0 Å². The van der Waals surface area contributed by atoms with Gasteiger partial charge in [0.05, 0.1) is 0 Å². The Labute approximate surface area is 94.1 Å². The summed E-state index contributed by atoms with van der Waals surface area (Å²) in [6.45, 7) is 2.15. The van der Waals surface area contributed by atoms with Crippen LogP contribution in [0, 0.1) is 0 Å². The first-order valence-corrected chi connectivity index (χ1v) is 4.92. The highest BCUT2D eigenvalue weighted by atomic mass is 35.5. The van der Waals surface area contributed by atoms with E-state index >= 15 is 0 Å². The van der Waals surface area contributed by atoms with Crippen LogP contribution in [0.3, 0.4) is 0 Å². The summed E-state index contributed by atoms with van der Waals surface area (Å²) in [7, 11) is -1.53. The van der Waals surface area contributed by atoms with Crippen molar-refractivity contribution in [2.24, 2.45) is 0 Å². The zero-order chi connectivity index (χ0) is 11.3. The summed E-state index contributed by atoms with van der Waals surface area (Å²) >= 11 is 5.48. The first kappa shape index (κ1) is 12.1. The second-order valence-electron chi connectivity index (χ2n) is 3.16. The maximum absolute atomic E-state index is 9.06. The van der Waals surface area contributed by atoms with Gasteiger partial charge in [-0.1, -0.05) is 29.8 Å². The van der Waals surface area contributed by atoms with Crippen LogP contribution in [0.2, 0.25) is 0 Å². The van der Waals surface area contributed by atoms with Crippen molar-refractivity contribution in [3.05, 3.63) is 35.4 Å². The maximum Gasteiger partial charge on any atom is 0.492 e. The lowest BCUT2D eigenvalue weighted by atomic mass is 9.79. The molecule has 0 unspecified atom stereocenters. The van der Waals surface area contributed by atoms with E-state index in [9.17, 15) is 0 Å². The van der Waals surface area contributed by atoms with Crippen molar-refractivity contribution in [2.45, 2.75) is 6.92 Å². The van der Waals surface area contributed by atoms with Gasteiger partial charge in [-0.15, -0.1) is 0 Å². The summed E-state index contributed by atoms with van der Waals surface area (Å²) in [6, 6.07) is 6.75. The van der Waals surface area contributed by atoms with Gasteiger partial charge >= 0.3 is 7.12 Å². The fourth-order valence-electron chi connectivity index (χ4n) is 1.05. The molecule has 0 aromatic heterocycles. The molecule has 0 radical (unpaired) electrons. The van der Waals surface area contributed by atoms with E-state index in [1.165, 1.54) is 5.54 Å². The molecule has 80 valence electrons. The van der Waals surface area contributed by atoms with Gasteiger partial charge in [0.15, 0.2) is 0 Å². The summed E-state index contributed by atoms with van der Waals surface area (Å²) in [4.78, 5) is 0. The fourth-order valence-corrected chi connectivity index (χ4v) is 1.11. The van der Waals surface area contributed by atoms with Crippen LogP contribution in [0.4, 0.5) is 0 Å². The second kappa shape index (κ2) is 5.80. The van der Waals surface area contributed by atoms with Crippen LogP contribution in [0.1, 0.15) is 6.92 Å². The standard InChI is InChI=1S/C10H12BClO3/c1-8(6-12)7-15-10-5-3-2-4-9(10)11(13)14/h2-6,13-14H,7H2,1H3/b8-6-. The molecule has 0 saturated carbocycles. The largest absolute Gasteiger partial charge is 0.492 e. The molecule has 1 rings (SSSR count). The number of hydrogen-bond donors (Lipinski definition) is 2. The van der Waals surface area contributed by atoms with Crippen LogP contribution in [-0.4, -0.2) is 23.8 Å². The monoisotopic (exact) mass is 226 g/mol. The van der Waals surface area contributed by atoms with E-state index in [0.717, 1.165) is 5.57 Å². The lowest BCUT2D eigenvalue weighted by Gasteiger charge is -2.10. The van der Waals surface area contributed by atoms with E-state index in [-0.39, 0.29) is 0 Å². The predicted molar refractivity (Wildman–Crippen MR) is 61.4 cm³/mol. The van der Waals surface area contributed by atoms with E-state index < -0.39 is 7.12 Å².